The minimum atomic E-state index is -5.17. The second-order valence-electron chi connectivity index (χ2n) is 10.3. The van der Waals surface area contributed by atoms with Crippen LogP contribution >= 0.6 is 0 Å². The molecule has 0 bridgehead atoms. The van der Waals surface area contributed by atoms with E-state index in [-0.39, 0.29) is 27.8 Å². The molecule has 0 spiro atoms. The molecule has 0 saturated carbocycles. The van der Waals surface area contributed by atoms with Crippen molar-refractivity contribution < 1.29 is 39.2 Å². The number of nitrogens with zero attached hydrogens (tertiary/aromatic N) is 2. The van der Waals surface area contributed by atoms with Crippen molar-refractivity contribution in [2.75, 3.05) is 0 Å². The molecule has 1 heterocycles. The van der Waals surface area contributed by atoms with Gasteiger partial charge in [0.15, 0.2) is 19.6 Å². The molecule has 2 aromatic carbocycles. The number of hydrogen-bond acceptors (Lipinski definition) is 3. The van der Waals surface area contributed by atoms with Crippen LogP contribution in [0, 0.1) is 13.5 Å². The summed E-state index contributed by atoms with van der Waals surface area (Å²) >= 11 is 0. The number of fused-ring (bicyclic) bond motifs is 3. The monoisotopic (exact) mass is 574 g/mol. The number of alkyl halides is 6. The van der Waals surface area contributed by atoms with Crippen LogP contribution in [-0.2, 0) is 32.6 Å². The Bertz CT molecular complexity index is 1560. The van der Waals surface area contributed by atoms with Crippen molar-refractivity contribution >= 4 is 34.9 Å². The lowest BCUT2D eigenvalue weighted by molar-refractivity contribution is -0.264. The molecule has 1 aromatic heterocycles. The molecule has 0 radical (unpaired) electrons. The first kappa shape index (κ1) is 28.2. The van der Waals surface area contributed by atoms with Crippen molar-refractivity contribution in [3.63, 3.8) is 0 Å². The fraction of sp³-hybridized carbons (Fsp3) is 0.400. The predicted molar refractivity (Wildman–Crippen MR) is 132 cm³/mol. The van der Waals surface area contributed by atoms with Crippen LogP contribution in [0.5, 0.6) is 0 Å². The van der Waals surface area contributed by atoms with Crippen LogP contribution in [0.15, 0.2) is 41.3 Å². The smallest absolute Gasteiger partial charge is 0.399 e. The van der Waals surface area contributed by atoms with Gasteiger partial charge < -0.3 is 4.43 Å². The topological polar surface area (TPSA) is 52.7 Å². The third-order valence-corrected chi connectivity index (χ3v) is 9.06. The van der Waals surface area contributed by atoms with E-state index >= 15 is 13.2 Å². The molecule has 204 valence electrons. The highest BCUT2D eigenvalue weighted by atomic mass is 32.2. The van der Waals surface area contributed by atoms with Crippen LogP contribution < -0.4 is 0 Å². The third-order valence-electron chi connectivity index (χ3n) is 6.38. The maximum absolute atomic E-state index is 15.1. The first-order chi connectivity index (χ1) is 17.3. The number of hydrogen-bond donors (Lipinski definition) is 0. The van der Waals surface area contributed by atoms with Gasteiger partial charge in [-0.05, 0) is 81.0 Å². The van der Waals surface area contributed by atoms with Crippen molar-refractivity contribution in [1.29, 1.82) is 0 Å². The molecule has 0 aliphatic heterocycles. The third kappa shape index (κ3) is 4.52. The Hall–Kier alpha value is -2.82. The van der Waals surface area contributed by atoms with Crippen molar-refractivity contribution in [2.45, 2.75) is 68.7 Å². The Morgan fingerprint density at radius 3 is 2.16 bits per heavy atom. The van der Waals surface area contributed by atoms with Gasteiger partial charge in [-0.2, -0.15) is 26.3 Å². The molecule has 1 aliphatic rings. The average molecular weight is 575 g/mol. The Morgan fingerprint density at radius 1 is 1.05 bits per heavy atom. The van der Waals surface area contributed by atoms with E-state index in [4.69, 9.17) is 11.0 Å². The fourth-order valence-electron chi connectivity index (χ4n) is 5.02. The van der Waals surface area contributed by atoms with E-state index in [2.05, 4.69) is 4.85 Å². The van der Waals surface area contributed by atoms with Gasteiger partial charge in [0.1, 0.15) is 0 Å². The van der Waals surface area contributed by atoms with Crippen LogP contribution in [0.3, 0.4) is 0 Å². The maximum atomic E-state index is 15.1. The molecule has 0 saturated heterocycles. The molecule has 13 heteroatoms. The van der Waals surface area contributed by atoms with Gasteiger partial charge >= 0.3 is 12.4 Å². The molecule has 3 aromatic rings. The normalized spacial score (nSPS) is 18.9. The summed E-state index contributed by atoms with van der Waals surface area (Å²) < 4.78 is 122. The van der Waals surface area contributed by atoms with Gasteiger partial charge in [-0.3, -0.25) is 0 Å². The van der Waals surface area contributed by atoms with Crippen LogP contribution in [0.1, 0.15) is 35.2 Å². The van der Waals surface area contributed by atoms with E-state index in [1.54, 1.807) is 6.92 Å². The summed E-state index contributed by atoms with van der Waals surface area (Å²) in [6.07, 6.45) is -11.2. The lowest BCUT2D eigenvalue weighted by atomic mass is 9.82. The highest BCUT2D eigenvalue weighted by Crippen LogP contribution is 2.55. The van der Waals surface area contributed by atoms with Crippen LogP contribution in [0.4, 0.5) is 32.0 Å². The quantitative estimate of drug-likeness (QED) is 0.182. The van der Waals surface area contributed by atoms with Crippen molar-refractivity contribution in [3.8, 4) is 0 Å². The second-order valence-corrected chi connectivity index (χ2v) is 16.5. The number of halogens is 6. The van der Waals surface area contributed by atoms with E-state index < -0.39 is 70.1 Å². The summed E-state index contributed by atoms with van der Waals surface area (Å²) in [4.78, 5) is 2.60. The fourth-order valence-corrected chi connectivity index (χ4v) is 8.00. The predicted octanol–water partition coefficient (Wildman–Crippen LogP) is 7.70. The van der Waals surface area contributed by atoms with Gasteiger partial charge in [0.2, 0.25) is 0 Å². The summed E-state index contributed by atoms with van der Waals surface area (Å²) in [5, 5.41) is -0.357. The minimum Gasteiger partial charge on any atom is -0.399 e. The summed E-state index contributed by atoms with van der Waals surface area (Å²) in [5.41, 5.74) is -6.52. The lowest BCUT2D eigenvalue weighted by Gasteiger charge is -2.43. The van der Waals surface area contributed by atoms with E-state index in [9.17, 15) is 21.6 Å². The SMILES string of the molecule is [C-]#[N+]c1cc(C(F)(F)F)c2c(c1)c1c(n2S(=O)(=O)c2ccc(C)cc2)C(O[Si](C)(C)C)(C(F)(F)F)CCC1. The van der Waals surface area contributed by atoms with Gasteiger partial charge in [0, 0.05) is 0 Å². The Labute approximate surface area is 217 Å². The standard InChI is InChI=1S/C25H24F6N2O3SSi/c1-15-8-10-17(11-9-15)37(34,35)33-21-19(13-16(32-2)14-20(21)24(26,27)28)18-7-6-12-23(22(18)33,25(29,30)31)36-38(3,4)5/h8-11,13-14H,6-7,12H2,1,3-5H3. The molecule has 5 nitrogen and oxygen atoms in total. The highest BCUT2D eigenvalue weighted by molar-refractivity contribution is 7.90. The van der Waals surface area contributed by atoms with Gasteiger partial charge in [-0.25, -0.2) is 17.2 Å². The molecule has 0 amide bonds. The molecule has 1 atom stereocenters. The first-order valence-corrected chi connectivity index (χ1v) is 16.4. The van der Waals surface area contributed by atoms with Crippen molar-refractivity contribution in [1.82, 2.24) is 3.97 Å². The van der Waals surface area contributed by atoms with E-state index in [0.717, 1.165) is 18.2 Å². The molecule has 1 unspecified atom stereocenters. The molecular weight excluding hydrogens is 550 g/mol. The number of benzene rings is 2. The number of rotatable bonds is 4. The van der Waals surface area contributed by atoms with Crippen molar-refractivity contribution in [3.05, 3.63) is 70.2 Å². The van der Waals surface area contributed by atoms with E-state index in [0.29, 0.717) is 11.6 Å². The average Bonchev–Trinajstić information content (AvgIpc) is 3.12. The van der Waals surface area contributed by atoms with Crippen LogP contribution in [-0.4, -0.2) is 26.9 Å². The zero-order valence-electron chi connectivity index (χ0n) is 20.9. The summed E-state index contributed by atoms with van der Waals surface area (Å²) in [5.74, 6) is 0. The molecular formula is C25H24F6N2O3SSi. The van der Waals surface area contributed by atoms with Gasteiger partial charge in [0.05, 0.1) is 28.2 Å². The Morgan fingerprint density at radius 2 is 1.66 bits per heavy atom. The number of aromatic nitrogens is 1. The summed E-state index contributed by atoms with van der Waals surface area (Å²) in [6.45, 7) is 13.4. The highest BCUT2D eigenvalue weighted by Gasteiger charge is 2.63. The zero-order valence-corrected chi connectivity index (χ0v) is 22.7. The van der Waals surface area contributed by atoms with E-state index in [1.807, 2.05) is 0 Å². The zero-order chi connectivity index (χ0) is 28.5. The lowest BCUT2D eigenvalue weighted by Crippen LogP contribution is -2.53. The maximum Gasteiger partial charge on any atom is 0.422 e. The molecule has 0 N–H and O–H groups in total. The molecule has 1 aliphatic carbocycles. The van der Waals surface area contributed by atoms with Crippen LogP contribution in [0.2, 0.25) is 19.6 Å². The van der Waals surface area contributed by atoms with E-state index in [1.165, 1.54) is 31.8 Å². The number of aryl methyl sites for hydroxylation is 2. The van der Waals surface area contributed by atoms with Crippen LogP contribution in [0.25, 0.3) is 15.7 Å². The van der Waals surface area contributed by atoms with Crippen molar-refractivity contribution in [2.24, 2.45) is 0 Å². The Kier molecular flexibility index (Phi) is 6.57. The first-order valence-electron chi connectivity index (χ1n) is 11.6. The largest absolute Gasteiger partial charge is 0.422 e. The summed E-state index contributed by atoms with van der Waals surface area (Å²) in [7, 11) is -8.07. The Balaban J connectivity index is 2.31. The van der Waals surface area contributed by atoms with Gasteiger partial charge in [-0.1, -0.05) is 17.7 Å². The van der Waals surface area contributed by atoms with Gasteiger partial charge in [0.25, 0.3) is 10.0 Å². The minimum absolute atomic E-state index is 0.107. The molecule has 0 fully saturated rings. The van der Waals surface area contributed by atoms with Gasteiger partial charge in [-0.15, -0.1) is 0 Å². The molecule has 38 heavy (non-hydrogen) atoms. The summed E-state index contributed by atoms with van der Waals surface area (Å²) in [6, 6.07) is 6.59. The second kappa shape index (κ2) is 8.86. The molecule has 4 rings (SSSR count).